The van der Waals surface area contributed by atoms with E-state index in [-0.39, 0.29) is 35.5 Å². The highest BCUT2D eigenvalue weighted by atomic mass is 19.1. The highest BCUT2D eigenvalue weighted by molar-refractivity contribution is 6.00. The number of rotatable bonds is 2. The molecule has 1 fully saturated rings. The van der Waals surface area contributed by atoms with Gasteiger partial charge >= 0.3 is 5.97 Å². The number of H-pyrrole nitrogens is 1. The number of aromatic nitrogens is 2. The molecule has 2 aromatic heterocycles. The number of oxime groups is 1. The number of carboxylic acid groups (broad SMARTS) is 1. The number of carbonyl (C=O) groups is 1. The Morgan fingerprint density at radius 2 is 2.18 bits per heavy atom. The molecule has 9 heteroatoms. The molecule has 0 bridgehead atoms. The fourth-order valence-electron chi connectivity index (χ4n) is 2.36. The molecule has 3 heterocycles. The number of carboxylic acids is 1. The van der Waals surface area contributed by atoms with Gasteiger partial charge in [-0.25, -0.2) is 14.2 Å². The van der Waals surface area contributed by atoms with Crippen LogP contribution in [0.15, 0.2) is 16.1 Å². The van der Waals surface area contributed by atoms with Gasteiger partial charge in [0.1, 0.15) is 11.2 Å². The van der Waals surface area contributed by atoms with Gasteiger partial charge in [-0.1, -0.05) is 5.16 Å². The van der Waals surface area contributed by atoms with Crippen molar-refractivity contribution in [3.8, 4) is 0 Å². The summed E-state index contributed by atoms with van der Waals surface area (Å²) in [6.07, 6.45) is 1.04. The minimum atomic E-state index is -1.39. The summed E-state index contributed by atoms with van der Waals surface area (Å²) in [4.78, 5) is 31.3. The molecule has 0 aliphatic carbocycles. The molecular weight excluding hydrogens is 295 g/mol. The first-order valence-electron chi connectivity index (χ1n) is 6.33. The standard InChI is InChI=1S/C13H11FN4O4/c1-5-8-10(19)7(13(20)21)2-15-11(8)16-12(9(5)14)18-3-6(4-18)17-22/h2,22H,3-4H2,1H3,(H,20,21)(H,15,16,19). The third-order valence-electron chi connectivity index (χ3n) is 3.60. The molecule has 3 N–H and O–H groups in total. The maximum atomic E-state index is 14.4. The van der Waals surface area contributed by atoms with E-state index in [0.717, 1.165) is 6.20 Å². The van der Waals surface area contributed by atoms with Crippen molar-refractivity contribution >= 4 is 28.5 Å². The van der Waals surface area contributed by atoms with E-state index in [9.17, 15) is 14.0 Å². The number of anilines is 1. The first-order chi connectivity index (χ1) is 10.4. The predicted molar refractivity (Wildman–Crippen MR) is 75.5 cm³/mol. The molecule has 0 radical (unpaired) electrons. The zero-order valence-corrected chi connectivity index (χ0v) is 11.4. The molecule has 0 unspecified atom stereocenters. The van der Waals surface area contributed by atoms with Crippen LogP contribution in [0.2, 0.25) is 0 Å². The number of hydrogen-bond acceptors (Lipinski definition) is 6. The lowest BCUT2D eigenvalue weighted by molar-refractivity contribution is 0.0695. The average molecular weight is 306 g/mol. The van der Waals surface area contributed by atoms with Gasteiger partial charge in [-0.2, -0.15) is 0 Å². The van der Waals surface area contributed by atoms with Gasteiger partial charge in [0.25, 0.3) is 0 Å². The largest absolute Gasteiger partial charge is 0.477 e. The van der Waals surface area contributed by atoms with Crippen molar-refractivity contribution < 1.29 is 19.5 Å². The summed E-state index contributed by atoms with van der Waals surface area (Å²) in [5.74, 6) is -2.06. The Hall–Kier alpha value is -2.97. The Morgan fingerprint density at radius 1 is 1.50 bits per heavy atom. The zero-order chi connectivity index (χ0) is 16.0. The van der Waals surface area contributed by atoms with Crippen molar-refractivity contribution in [2.75, 3.05) is 18.0 Å². The number of halogens is 1. The van der Waals surface area contributed by atoms with Gasteiger partial charge in [-0.15, -0.1) is 0 Å². The molecular formula is C13H11FN4O4. The summed E-state index contributed by atoms with van der Waals surface area (Å²) in [5, 5.41) is 20.5. The SMILES string of the molecule is Cc1c(F)c(N2CC(=NO)C2)nc2[nH]cc(C(=O)O)c(=O)c12. The van der Waals surface area contributed by atoms with E-state index in [0.29, 0.717) is 5.71 Å². The lowest BCUT2D eigenvalue weighted by Crippen LogP contribution is -2.48. The highest BCUT2D eigenvalue weighted by Gasteiger charge is 2.28. The van der Waals surface area contributed by atoms with Crippen molar-refractivity contribution in [2.45, 2.75) is 6.92 Å². The molecule has 22 heavy (non-hydrogen) atoms. The van der Waals surface area contributed by atoms with Crippen LogP contribution in [0.1, 0.15) is 15.9 Å². The lowest BCUT2D eigenvalue weighted by Gasteiger charge is -2.33. The van der Waals surface area contributed by atoms with Crippen LogP contribution in [-0.4, -0.2) is 45.1 Å². The fourth-order valence-corrected chi connectivity index (χ4v) is 2.36. The number of aromatic carboxylic acids is 1. The highest BCUT2D eigenvalue weighted by Crippen LogP contribution is 2.26. The molecule has 8 nitrogen and oxygen atoms in total. The lowest BCUT2D eigenvalue weighted by atomic mass is 10.1. The van der Waals surface area contributed by atoms with E-state index >= 15 is 0 Å². The number of nitrogens with one attached hydrogen (secondary N) is 1. The molecule has 114 valence electrons. The second-order valence-corrected chi connectivity index (χ2v) is 4.96. The Morgan fingerprint density at radius 3 is 2.77 bits per heavy atom. The van der Waals surface area contributed by atoms with E-state index < -0.39 is 22.8 Å². The summed E-state index contributed by atoms with van der Waals surface area (Å²) in [7, 11) is 0. The smallest absolute Gasteiger partial charge is 0.341 e. The van der Waals surface area contributed by atoms with Gasteiger partial charge in [0, 0.05) is 11.8 Å². The van der Waals surface area contributed by atoms with Crippen molar-refractivity contribution in [1.29, 1.82) is 0 Å². The minimum Gasteiger partial charge on any atom is -0.477 e. The number of hydrogen-bond donors (Lipinski definition) is 3. The summed E-state index contributed by atoms with van der Waals surface area (Å²) >= 11 is 0. The second kappa shape index (κ2) is 4.79. The summed E-state index contributed by atoms with van der Waals surface area (Å²) in [5.41, 5.74) is -0.619. The van der Waals surface area contributed by atoms with Crippen LogP contribution in [0.4, 0.5) is 10.2 Å². The van der Waals surface area contributed by atoms with Crippen LogP contribution in [0, 0.1) is 12.7 Å². The van der Waals surface area contributed by atoms with E-state index in [2.05, 4.69) is 15.1 Å². The molecule has 1 aliphatic heterocycles. The minimum absolute atomic E-state index is 0.0242. The first-order valence-corrected chi connectivity index (χ1v) is 6.33. The number of aromatic amines is 1. The van der Waals surface area contributed by atoms with Crippen LogP contribution < -0.4 is 10.3 Å². The van der Waals surface area contributed by atoms with Crippen LogP contribution >= 0.6 is 0 Å². The summed E-state index contributed by atoms with van der Waals surface area (Å²) in [6, 6.07) is 0. The molecule has 1 saturated heterocycles. The molecule has 1 aliphatic rings. The quantitative estimate of drug-likeness (QED) is 0.555. The van der Waals surface area contributed by atoms with Gasteiger partial charge < -0.3 is 20.2 Å². The third kappa shape index (κ3) is 1.90. The average Bonchev–Trinajstić information content (AvgIpc) is 2.42. The molecule has 0 aromatic carbocycles. The number of pyridine rings is 2. The molecule has 0 spiro atoms. The van der Waals surface area contributed by atoms with Crippen molar-refractivity contribution in [2.24, 2.45) is 5.16 Å². The normalized spacial score (nSPS) is 14.1. The van der Waals surface area contributed by atoms with Crippen molar-refractivity contribution in [3.63, 3.8) is 0 Å². The second-order valence-electron chi connectivity index (χ2n) is 4.96. The van der Waals surface area contributed by atoms with Crippen LogP contribution in [0.25, 0.3) is 11.0 Å². The third-order valence-corrected chi connectivity index (χ3v) is 3.60. The predicted octanol–water partition coefficient (Wildman–Crippen LogP) is 0.719. The first kappa shape index (κ1) is 14.0. The molecule has 0 saturated carbocycles. The van der Waals surface area contributed by atoms with E-state index in [1.165, 1.54) is 6.92 Å². The van der Waals surface area contributed by atoms with E-state index in [1.54, 1.807) is 4.90 Å². The molecule has 0 atom stereocenters. The van der Waals surface area contributed by atoms with Gasteiger partial charge in [-0.05, 0) is 6.92 Å². The molecule has 3 rings (SSSR count). The maximum Gasteiger partial charge on any atom is 0.341 e. The van der Waals surface area contributed by atoms with Gasteiger partial charge in [0.15, 0.2) is 11.6 Å². The number of aryl methyl sites for hydroxylation is 1. The van der Waals surface area contributed by atoms with Crippen molar-refractivity contribution in [1.82, 2.24) is 9.97 Å². The number of fused-ring (bicyclic) bond motifs is 1. The maximum absolute atomic E-state index is 14.4. The van der Waals surface area contributed by atoms with Gasteiger partial charge in [0.2, 0.25) is 5.43 Å². The Balaban J connectivity index is 2.20. The fraction of sp³-hybridized carbons (Fsp3) is 0.231. The van der Waals surface area contributed by atoms with E-state index in [4.69, 9.17) is 10.3 Å². The van der Waals surface area contributed by atoms with Crippen molar-refractivity contribution in [3.05, 3.63) is 33.4 Å². The van der Waals surface area contributed by atoms with Gasteiger partial charge in [0.05, 0.1) is 24.2 Å². The number of nitrogens with zero attached hydrogens (tertiary/aromatic N) is 3. The van der Waals surface area contributed by atoms with E-state index in [1.807, 2.05) is 0 Å². The molecule has 0 amide bonds. The van der Waals surface area contributed by atoms with Crippen LogP contribution in [0.5, 0.6) is 0 Å². The Labute approximate surface area is 122 Å². The Kier molecular flexibility index (Phi) is 3.05. The van der Waals surface area contributed by atoms with Crippen LogP contribution in [0.3, 0.4) is 0 Å². The topological polar surface area (TPSA) is 119 Å². The van der Waals surface area contributed by atoms with Crippen LogP contribution in [-0.2, 0) is 0 Å². The monoisotopic (exact) mass is 306 g/mol. The zero-order valence-electron chi connectivity index (χ0n) is 11.4. The Bertz CT molecular complexity index is 882. The molecule has 2 aromatic rings. The summed E-state index contributed by atoms with van der Waals surface area (Å²) < 4.78 is 14.4. The summed E-state index contributed by atoms with van der Waals surface area (Å²) in [6.45, 7) is 1.87. The van der Waals surface area contributed by atoms with Gasteiger partial charge in [-0.3, -0.25) is 4.79 Å².